The van der Waals surface area contributed by atoms with E-state index in [1.54, 1.807) is 6.08 Å². The van der Waals surface area contributed by atoms with Gasteiger partial charge in [0.2, 0.25) is 0 Å². The van der Waals surface area contributed by atoms with Gasteiger partial charge in [-0.2, -0.15) is 8.42 Å². The topological polar surface area (TPSA) is 66.8 Å². The Labute approximate surface area is 158 Å². The number of thioether (sulfide) groups is 1. The third-order valence-electron chi connectivity index (χ3n) is 3.33. The lowest BCUT2D eigenvalue weighted by atomic mass is 10.3. The fourth-order valence-corrected chi connectivity index (χ4v) is 5.04. The van der Waals surface area contributed by atoms with E-state index in [-0.39, 0.29) is 22.5 Å². The maximum atomic E-state index is 13.0. The summed E-state index contributed by atoms with van der Waals surface area (Å²) in [5.74, 6) is -0.882. The Balaban J connectivity index is 1.98. The summed E-state index contributed by atoms with van der Waals surface area (Å²) in [5, 5.41) is 1.92. The van der Waals surface area contributed by atoms with Crippen LogP contribution in [0, 0.1) is 5.82 Å². The maximum Gasteiger partial charge on any atom is 0.284 e. The van der Waals surface area contributed by atoms with Crippen molar-refractivity contribution in [2.75, 3.05) is 6.54 Å². The van der Waals surface area contributed by atoms with E-state index in [4.69, 9.17) is 0 Å². The lowest BCUT2D eigenvalue weighted by molar-refractivity contribution is -0.121. The van der Waals surface area contributed by atoms with Gasteiger partial charge in [-0.05, 0) is 53.5 Å². The third kappa shape index (κ3) is 3.95. The molecule has 1 fully saturated rings. The molecule has 26 heavy (non-hydrogen) atoms. The van der Waals surface area contributed by atoms with E-state index < -0.39 is 15.8 Å². The molecule has 1 aromatic carbocycles. The monoisotopic (exact) mass is 408 g/mol. The van der Waals surface area contributed by atoms with E-state index in [0.717, 1.165) is 40.9 Å². The first-order valence-corrected chi connectivity index (χ1v) is 10.5. The summed E-state index contributed by atoms with van der Waals surface area (Å²) >= 11 is 2.45. The molecule has 0 saturated carbocycles. The molecule has 0 N–H and O–H groups in total. The number of halogens is 1. The minimum Gasteiger partial charge on any atom is -0.282 e. The molecular formula is C17H13FN2O3S3. The summed E-state index contributed by atoms with van der Waals surface area (Å²) in [4.78, 5) is 14.9. The van der Waals surface area contributed by atoms with Gasteiger partial charge in [-0.1, -0.05) is 12.1 Å². The average molecular weight is 409 g/mol. The zero-order chi connectivity index (χ0) is 18.7. The number of benzene rings is 1. The highest BCUT2D eigenvalue weighted by atomic mass is 32.2. The number of sulfonamides is 1. The molecule has 1 amide bonds. The zero-order valence-electron chi connectivity index (χ0n) is 13.3. The molecular weight excluding hydrogens is 395 g/mol. The van der Waals surface area contributed by atoms with Crippen molar-refractivity contribution < 1.29 is 17.6 Å². The number of amidine groups is 1. The van der Waals surface area contributed by atoms with Crippen LogP contribution in [0.2, 0.25) is 0 Å². The van der Waals surface area contributed by atoms with Gasteiger partial charge in [-0.15, -0.1) is 22.3 Å². The van der Waals surface area contributed by atoms with Gasteiger partial charge in [0.15, 0.2) is 5.17 Å². The first-order chi connectivity index (χ1) is 12.4. The highest BCUT2D eigenvalue weighted by molar-refractivity contribution is 8.19. The SMILES string of the molecule is C=CCN1C(=O)/C(=C/c2cccs2)SC1=NS(=O)(=O)c1ccc(F)cc1. The van der Waals surface area contributed by atoms with E-state index in [2.05, 4.69) is 11.0 Å². The molecule has 0 atom stereocenters. The molecule has 0 unspecified atom stereocenters. The van der Waals surface area contributed by atoms with Crippen LogP contribution in [0.15, 0.2) is 68.6 Å². The van der Waals surface area contributed by atoms with Crippen molar-refractivity contribution >= 4 is 50.3 Å². The number of nitrogens with zero attached hydrogens (tertiary/aromatic N) is 2. The molecule has 1 aliphatic rings. The van der Waals surface area contributed by atoms with Crippen LogP contribution in [-0.2, 0) is 14.8 Å². The molecule has 1 aliphatic heterocycles. The quantitative estimate of drug-likeness (QED) is 0.558. The van der Waals surface area contributed by atoms with Crippen molar-refractivity contribution in [2.45, 2.75) is 4.90 Å². The second-order valence-electron chi connectivity index (χ2n) is 5.13. The summed E-state index contributed by atoms with van der Waals surface area (Å²) < 4.78 is 41.8. The standard InChI is InChI=1S/C17H13FN2O3S3/c1-2-9-20-16(21)15(11-13-4-3-10-24-13)25-17(20)19-26(22,23)14-7-5-12(18)6-8-14/h2-8,10-11H,1,9H2/b15-11-,19-17?. The van der Waals surface area contributed by atoms with Crippen molar-refractivity contribution in [3.8, 4) is 0 Å². The van der Waals surface area contributed by atoms with Crippen molar-refractivity contribution in [3.05, 3.63) is 70.0 Å². The predicted molar refractivity (Wildman–Crippen MR) is 103 cm³/mol. The fourth-order valence-electron chi connectivity index (χ4n) is 2.13. The molecule has 2 heterocycles. The summed E-state index contributed by atoms with van der Waals surface area (Å²) in [6, 6.07) is 8.07. The molecule has 0 spiro atoms. The maximum absolute atomic E-state index is 13.0. The second kappa shape index (κ2) is 7.56. The van der Waals surface area contributed by atoms with Crippen molar-refractivity contribution in [1.82, 2.24) is 4.90 Å². The van der Waals surface area contributed by atoms with Crippen LogP contribution in [0.25, 0.3) is 6.08 Å². The Bertz CT molecular complexity index is 994. The van der Waals surface area contributed by atoms with E-state index in [1.807, 2.05) is 17.5 Å². The Morgan fingerprint density at radius 1 is 1.23 bits per heavy atom. The van der Waals surface area contributed by atoms with Crippen LogP contribution in [0.4, 0.5) is 4.39 Å². The van der Waals surface area contributed by atoms with Gasteiger partial charge in [0.05, 0.1) is 9.80 Å². The second-order valence-corrected chi connectivity index (χ2v) is 8.73. The molecule has 2 aromatic rings. The fraction of sp³-hybridized carbons (Fsp3) is 0.0588. The van der Waals surface area contributed by atoms with Gasteiger partial charge in [-0.3, -0.25) is 9.69 Å². The number of hydrogen-bond acceptors (Lipinski definition) is 5. The Hall–Kier alpha value is -2.23. The summed E-state index contributed by atoms with van der Waals surface area (Å²) in [6.45, 7) is 3.72. The molecule has 0 radical (unpaired) electrons. The molecule has 134 valence electrons. The number of carbonyl (C=O) groups is 1. The Morgan fingerprint density at radius 3 is 2.58 bits per heavy atom. The smallest absolute Gasteiger partial charge is 0.282 e. The van der Waals surface area contributed by atoms with Gasteiger partial charge in [0.25, 0.3) is 15.9 Å². The summed E-state index contributed by atoms with van der Waals surface area (Å²) in [7, 11) is -4.07. The van der Waals surface area contributed by atoms with Crippen LogP contribution >= 0.6 is 23.1 Å². The van der Waals surface area contributed by atoms with Crippen LogP contribution in [-0.4, -0.2) is 30.9 Å². The molecule has 5 nitrogen and oxygen atoms in total. The van der Waals surface area contributed by atoms with Gasteiger partial charge in [-0.25, -0.2) is 4.39 Å². The minimum atomic E-state index is -4.07. The number of amides is 1. The first kappa shape index (κ1) is 18.6. The van der Waals surface area contributed by atoms with E-state index in [0.29, 0.717) is 4.91 Å². The van der Waals surface area contributed by atoms with Crippen LogP contribution in [0.3, 0.4) is 0 Å². The molecule has 3 rings (SSSR count). The number of hydrogen-bond donors (Lipinski definition) is 0. The molecule has 9 heteroatoms. The largest absolute Gasteiger partial charge is 0.284 e. The predicted octanol–water partition coefficient (Wildman–Crippen LogP) is 3.73. The van der Waals surface area contributed by atoms with Gasteiger partial charge in [0.1, 0.15) is 5.82 Å². The van der Waals surface area contributed by atoms with Crippen molar-refractivity contribution in [1.29, 1.82) is 0 Å². The zero-order valence-corrected chi connectivity index (χ0v) is 15.8. The van der Waals surface area contributed by atoms with Crippen LogP contribution in [0.1, 0.15) is 4.88 Å². The third-order valence-corrected chi connectivity index (χ3v) is 6.55. The summed E-state index contributed by atoms with van der Waals surface area (Å²) in [5.41, 5.74) is 0. The highest BCUT2D eigenvalue weighted by Crippen LogP contribution is 2.34. The van der Waals surface area contributed by atoms with E-state index >= 15 is 0 Å². The number of rotatable bonds is 5. The lowest BCUT2D eigenvalue weighted by Crippen LogP contribution is -2.29. The molecule has 1 saturated heterocycles. The normalized spacial score (nSPS) is 18.0. The van der Waals surface area contributed by atoms with E-state index in [9.17, 15) is 17.6 Å². The average Bonchev–Trinajstić information content (AvgIpc) is 3.20. The lowest BCUT2D eigenvalue weighted by Gasteiger charge is -2.12. The van der Waals surface area contributed by atoms with Gasteiger partial charge in [0, 0.05) is 11.4 Å². The molecule has 1 aromatic heterocycles. The number of carbonyl (C=O) groups excluding carboxylic acids is 1. The van der Waals surface area contributed by atoms with Crippen molar-refractivity contribution in [3.63, 3.8) is 0 Å². The van der Waals surface area contributed by atoms with Gasteiger partial charge < -0.3 is 0 Å². The highest BCUT2D eigenvalue weighted by Gasteiger charge is 2.34. The Morgan fingerprint density at radius 2 is 1.96 bits per heavy atom. The van der Waals surface area contributed by atoms with Gasteiger partial charge >= 0.3 is 0 Å². The van der Waals surface area contributed by atoms with Crippen LogP contribution < -0.4 is 0 Å². The minimum absolute atomic E-state index is 0.0435. The number of thiophene rings is 1. The van der Waals surface area contributed by atoms with Crippen LogP contribution in [0.5, 0.6) is 0 Å². The summed E-state index contributed by atoms with van der Waals surface area (Å²) in [6.07, 6.45) is 3.19. The molecule has 0 bridgehead atoms. The Kier molecular flexibility index (Phi) is 5.40. The van der Waals surface area contributed by atoms with Crippen molar-refractivity contribution in [2.24, 2.45) is 4.40 Å². The first-order valence-electron chi connectivity index (χ1n) is 7.37. The van der Waals surface area contributed by atoms with E-state index in [1.165, 1.54) is 22.3 Å². The molecule has 0 aliphatic carbocycles.